The Morgan fingerprint density at radius 2 is 1.85 bits per heavy atom. The van der Waals surface area contributed by atoms with Gasteiger partial charge < -0.3 is 15.4 Å². The van der Waals surface area contributed by atoms with E-state index < -0.39 is 11.7 Å². The Balaban J connectivity index is 1.60. The first-order chi connectivity index (χ1) is 16.4. The molecule has 0 saturated heterocycles. The monoisotopic (exact) mass is 457 g/mol. The molecule has 0 atom stereocenters. The zero-order valence-electron chi connectivity index (χ0n) is 19.0. The highest BCUT2D eigenvalue weighted by Crippen LogP contribution is 2.31. The molecule has 0 unspecified atom stereocenters. The zero-order chi connectivity index (χ0) is 24.1. The fraction of sp³-hybridized carbons (Fsp3) is 0.154. The van der Waals surface area contributed by atoms with Gasteiger partial charge in [0.25, 0.3) is 5.91 Å². The molecule has 4 rings (SSSR count). The summed E-state index contributed by atoms with van der Waals surface area (Å²) in [4.78, 5) is 25.6. The highest BCUT2D eigenvalue weighted by atomic mass is 19.1. The smallest absolute Gasteiger partial charge is 0.255 e. The van der Waals surface area contributed by atoms with Crippen LogP contribution in [0.25, 0.3) is 11.3 Å². The maximum atomic E-state index is 14.4. The molecule has 0 aliphatic heterocycles. The maximum Gasteiger partial charge on any atom is 0.255 e. The minimum Gasteiger partial charge on any atom is -0.438 e. The predicted molar refractivity (Wildman–Crippen MR) is 130 cm³/mol. The van der Waals surface area contributed by atoms with Crippen molar-refractivity contribution in [3.8, 4) is 22.9 Å². The summed E-state index contributed by atoms with van der Waals surface area (Å²) in [6.45, 7) is 4.15. The topological polar surface area (TPSA) is 89.0 Å². The molecule has 2 heterocycles. The summed E-state index contributed by atoms with van der Waals surface area (Å²) < 4.78 is 20.3. The number of rotatable bonds is 7. The Kier molecular flexibility index (Phi) is 6.77. The summed E-state index contributed by atoms with van der Waals surface area (Å²) in [7, 11) is 1.72. The van der Waals surface area contributed by atoms with Crippen LogP contribution in [0.2, 0.25) is 0 Å². The van der Waals surface area contributed by atoms with E-state index in [4.69, 9.17) is 4.74 Å². The normalized spacial score (nSPS) is 10.7. The molecule has 34 heavy (non-hydrogen) atoms. The number of ether oxygens (including phenoxy) is 1. The molecule has 0 aliphatic rings. The van der Waals surface area contributed by atoms with Gasteiger partial charge in [-0.2, -0.15) is 0 Å². The number of carbonyl (C=O) groups is 1. The second kappa shape index (κ2) is 10.1. The number of hydrogen-bond acceptors (Lipinski definition) is 6. The first kappa shape index (κ1) is 22.8. The van der Waals surface area contributed by atoms with E-state index >= 15 is 0 Å². The number of aromatic nitrogens is 3. The van der Waals surface area contributed by atoms with Gasteiger partial charge in [-0.15, -0.1) is 0 Å². The molecule has 4 aromatic rings. The predicted octanol–water partition coefficient (Wildman–Crippen LogP) is 5.89. The van der Waals surface area contributed by atoms with Crippen molar-refractivity contribution in [1.82, 2.24) is 15.0 Å². The molecule has 7 nitrogen and oxygen atoms in total. The third kappa shape index (κ3) is 5.35. The number of nitrogens with one attached hydrogen (secondary N) is 2. The van der Waals surface area contributed by atoms with Crippen molar-refractivity contribution < 1.29 is 13.9 Å². The van der Waals surface area contributed by atoms with E-state index in [2.05, 4.69) is 39.4 Å². The third-order valence-corrected chi connectivity index (χ3v) is 5.09. The average molecular weight is 458 g/mol. The maximum absolute atomic E-state index is 14.4. The first-order valence-electron chi connectivity index (χ1n) is 10.8. The van der Waals surface area contributed by atoms with Gasteiger partial charge in [-0.05, 0) is 53.9 Å². The number of benzene rings is 2. The van der Waals surface area contributed by atoms with E-state index in [1.165, 1.54) is 12.1 Å². The number of carbonyl (C=O) groups excluding carboxylic acids is 1. The van der Waals surface area contributed by atoms with Crippen LogP contribution in [0.1, 0.15) is 35.7 Å². The standard InChI is InChI=1S/C26H24FN5O2/c1-16(2)17-6-4-7-20(13-17)31-24(33)18-12-19(27)15-21(14-18)34-25-22(8-5-10-29-25)23-9-11-30-26(28-3)32-23/h4-16H,1-3H3,(H,31,33)(H,28,30,32). The highest BCUT2D eigenvalue weighted by Gasteiger charge is 2.15. The van der Waals surface area contributed by atoms with Crippen LogP contribution < -0.4 is 15.4 Å². The Morgan fingerprint density at radius 1 is 1.00 bits per heavy atom. The molecule has 2 aromatic heterocycles. The van der Waals surface area contributed by atoms with Crippen LogP contribution in [0.15, 0.2) is 73.1 Å². The second-order valence-corrected chi connectivity index (χ2v) is 7.88. The lowest BCUT2D eigenvalue weighted by Gasteiger charge is -2.12. The lowest BCUT2D eigenvalue weighted by atomic mass is 10.0. The van der Waals surface area contributed by atoms with Crippen LogP contribution in [0.4, 0.5) is 16.0 Å². The van der Waals surface area contributed by atoms with E-state index in [9.17, 15) is 9.18 Å². The average Bonchev–Trinajstić information content (AvgIpc) is 2.84. The van der Waals surface area contributed by atoms with Gasteiger partial charge in [0.15, 0.2) is 0 Å². The largest absolute Gasteiger partial charge is 0.438 e. The van der Waals surface area contributed by atoms with Crippen LogP contribution >= 0.6 is 0 Å². The molecule has 1 amide bonds. The molecule has 0 aliphatic carbocycles. The van der Waals surface area contributed by atoms with Crippen molar-refractivity contribution in [2.45, 2.75) is 19.8 Å². The quantitative estimate of drug-likeness (QED) is 0.360. The minimum absolute atomic E-state index is 0.127. The Labute approximate surface area is 197 Å². The van der Waals surface area contributed by atoms with Gasteiger partial charge in [-0.1, -0.05) is 26.0 Å². The second-order valence-electron chi connectivity index (χ2n) is 7.88. The van der Waals surface area contributed by atoms with Gasteiger partial charge in [-0.3, -0.25) is 4.79 Å². The molecule has 0 radical (unpaired) electrons. The third-order valence-electron chi connectivity index (χ3n) is 5.09. The molecule has 0 bridgehead atoms. The Bertz CT molecular complexity index is 1330. The summed E-state index contributed by atoms with van der Waals surface area (Å²) >= 11 is 0. The number of pyridine rings is 1. The lowest BCUT2D eigenvalue weighted by Crippen LogP contribution is -2.12. The van der Waals surface area contributed by atoms with E-state index in [0.29, 0.717) is 28.8 Å². The van der Waals surface area contributed by atoms with Crippen molar-refractivity contribution in [3.63, 3.8) is 0 Å². The zero-order valence-corrected chi connectivity index (χ0v) is 19.0. The number of anilines is 2. The highest BCUT2D eigenvalue weighted by molar-refractivity contribution is 6.04. The molecule has 2 N–H and O–H groups in total. The van der Waals surface area contributed by atoms with Gasteiger partial charge in [0.1, 0.15) is 11.6 Å². The summed E-state index contributed by atoms with van der Waals surface area (Å²) in [6.07, 6.45) is 3.18. The summed E-state index contributed by atoms with van der Waals surface area (Å²) in [5, 5.41) is 5.71. The van der Waals surface area contributed by atoms with Gasteiger partial charge in [0, 0.05) is 36.8 Å². The van der Waals surface area contributed by atoms with Crippen molar-refractivity contribution in [1.29, 1.82) is 0 Å². The van der Waals surface area contributed by atoms with Crippen molar-refractivity contribution in [3.05, 3.63) is 90.0 Å². The summed E-state index contributed by atoms with van der Waals surface area (Å²) in [5.74, 6) is 0.0847. The minimum atomic E-state index is -0.601. The summed E-state index contributed by atoms with van der Waals surface area (Å²) in [6, 6.07) is 16.7. The van der Waals surface area contributed by atoms with Gasteiger partial charge >= 0.3 is 0 Å². The Morgan fingerprint density at radius 3 is 2.65 bits per heavy atom. The van der Waals surface area contributed by atoms with Crippen LogP contribution in [-0.4, -0.2) is 27.9 Å². The summed E-state index contributed by atoms with van der Waals surface area (Å²) in [5.41, 5.74) is 3.04. The van der Waals surface area contributed by atoms with E-state index in [1.807, 2.05) is 18.2 Å². The molecule has 0 spiro atoms. The molecule has 8 heteroatoms. The molecular formula is C26H24FN5O2. The van der Waals surface area contributed by atoms with Crippen molar-refractivity contribution >= 4 is 17.5 Å². The fourth-order valence-corrected chi connectivity index (χ4v) is 3.34. The van der Waals surface area contributed by atoms with Gasteiger partial charge in [0.05, 0.1) is 11.3 Å². The van der Waals surface area contributed by atoms with E-state index in [-0.39, 0.29) is 17.2 Å². The molecular weight excluding hydrogens is 433 g/mol. The molecule has 0 saturated carbocycles. The molecule has 0 fully saturated rings. The number of halogens is 1. The molecule has 2 aromatic carbocycles. The van der Waals surface area contributed by atoms with Crippen LogP contribution in [0.5, 0.6) is 11.6 Å². The molecule has 172 valence electrons. The fourth-order valence-electron chi connectivity index (χ4n) is 3.34. The van der Waals surface area contributed by atoms with Crippen molar-refractivity contribution in [2.24, 2.45) is 0 Å². The van der Waals surface area contributed by atoms with Gasteiger partial charge in [0.2, 0.25) is 11.8 Å². The first-order valence-corrected chi connectivity index (χ1v) is 10.8. The Hall–Kier alpha value is -4.33. The van der Waals surface area contributed by atoms with Crippen LogP contribution in [-0.2, 0) is 0 Å². The van der Waals surface area contributed by atoms with Crippen LogP contribution in [0.3, 0.4) is 0 Å². The van der Waals surface area contributed by atoms with E-state index in [0.717, 1.165) is 11.6 Å². The van der Waals surface area contributed by atoms with Crippen molar-refractivity contribution in [2.75, 3.05) is 17.7 Å². The van der Waals surface area contributed by atoms with E-state index in [1.54, 1.807) is 43.7 Å². The SMILES string of the molecule is CNc1nccc(-c2cccnc2Oc2cc(F)cc(C(=O)Nc3cccc(C(C)C)c3)c2)n1. The number of nitrogens with zero attached hydrogens (tertiary/aromatic N) is 3. The lowest BCUT2D eigenvalue weighted by molar-refractivity contribution is 0.102. The number of hydrogen-bond donors (Lipinski definition) is 2. The van der Waals surface area contributed by atoms with Gasteiger partial charge in [-0.25, -0.2) is 19.3 Å². The van der Waals surface area contributed by atoms with Crippen LogP contribution in [0, 0.1) is 5.82 Å². The number of amides is 1.